The van der Waals surface area contributed by atoms with Crippen molar-refractivity contribution in [3.8, 4) is 0 Å². The molecule has 2 aliphatic rings. The number of hydrogen-bond acceptors (Lipinski definition) is 6. The van der Waals surface area contributed by atoms with Crippen LogP contribution < -0.4 is 0 Å². The molecule has 0 N–H and O–H groups in total. The molecule has 2 aromatic rings. The third-order valence-corrected chi connectivity index (χ3v) is 6.32. The molecule has 0 atom stereocenters. The Morgan fingerprint density at radius 3 is 2.36 bits per heavy atom. The highest BCUT2D eigenvalue weighted by atomic mass is 32.2. The van der Waals surface area contributed by atoms with Gasteiger partial charge in [0.15, 0.2) is 11.6 Å². The molecule has 0 bridgehead atoms. The fourth-order valence-corrected chi connectivity index (χ4v) is 4.62. The van der Waals surface area contributed by atoms with Gasteiger partial charge in [0, 0.05) is 61.6 Å². The van der Waals surface area contributed by atoms with E-state index >= 15 is 0 Å². The van der Waals surface area contributed by atoms with Gasteiger partial charge in [0.25, 0.3) is 11.8 Å². The zero-order valence-electron chi connectivity index (χ0n) is 16.0. The van der Waals surface area contributed by atoms with Crippen molar-refractivity contribution in [1.29, 1.82) is 0 Å². The van der Waals surface area contributed by atoms with Gasteiger partial charge in [0.05, 0.1) is 0 Å². The van der Waals surface area contributed by atoms with E-state index in [1.807, 2.05) is 28.5 Å². The number of hydrogen-bond donors (Lipinski definition) is 0. The summed E-state index contributed by atoms with van der Waals surface area (Å²) in [5.41, 5.74) is 1.10. The lowest BCUT2D eigenvalue weighted by atomic mass is 9.96. The van der Waals surface area contributed by atoms with Crippen molar-refractivity contribution in [3.63, 3.8) is 0 Å². The highest BCUT2D eigenvalue weighted by Crippen LogP contribution is 2.30. The van der Waals surface area contributed by atoms with E-state index in [1.54, 1.807) is 24.5 Å². The van der Waals surface area contributed by atoms with Crippen LogP contribution in [0.3, 0.4) is 0 Å². The first kappa shape index (κ1) is 19.0. The first-order valence-corrected chi connectivity index (χ1v) is 10.8. The fourth-order valence-electron chi connectivity index (χ4n) is 3.71. The number of carbonyl (C=O) groups excluding carboxylic acids is 2. The normalized spacial score (nSPS) is 18.3. The van der Waals surface area contributed by atoms with Gasteiger partial charge in [0.1, 0.15) is 5.76 Å². The molecule has 2 amide bonds. The summed E-state index contributed by atoms with van der Waals surface area (Å²) >= 11 is 1.87. The van der Waals surface area contributed by atoms with E-state index in [2.05, 4.69) is 9.97 Å². The summed E-state index contributed by atoms with van der Waals surface area (Å²) in [6, 6.07) is 3.48. The Morgan fingerprint density at radius 2 is 1.68 bits per heavy atom. The Kier molecular flexibility index (Phi) is 5.66. The van der Waals surface area contributed by atoms with Crippen molar-refractivity contribution in [2.24, 2.45) is 0 Å². The topological polar surface area (TPSA) is 79.5 Å². The van der Waals surface area contributed by atoms with Crippen LogP contribution in [0.15, 0.2) is 28.9 Å². The standard InChI is InChI=1S/C20H24N4O3S/c1-14-17(20(26)24-10-12-28-13-11-24)22-18(27-14)15-4-8-23(9-5-15)19(25)16-2-6-21-7-3-16/h2-3,6-7,15H,4-5,8-13H2,1H3. The van der Waals surface area contributed by atoms with E-state index in [4.69, 9.17) is 4.42 Å². The molecule has 4 rings (SSSR count). The number of nitrogens with zero attached hydrogens (tertiary/aromatic N) is 4. The number of rotatable bonds is 3. The van der Waals surface area contributed by atoms with Gasteiger partial charge in [-0.15, -0.1) is 0 Å². The van der Waals surface area contributed by atoms with Crippen molar-refractivity contribution < 1.29 is 14.0 Å². The van der Waals surface area contributed by atoms with Gasteiger partial charge in [-0.05, 0) is 31.9 Å². The molecule has 0 unspecified atom stereocenters. The van der Waals surface area contributed by atoms with Gasteiger partial charge in [-0.3, -0.25) is 14.6 Å². The van der Waals surface area contributed by atoms with Gasteiger partial charge >= 0.3 is 0 Å². The number of carbonyl (C=O) groups is 2. The minimum Gasteiger partial charge on any atom is -0.445 e. The Morgan fingerprint density at radius 1 is 1.04 bits per heavy atom. The Bertz CT molecular complexity index is 840. The number of aromatic nitrogens is 2. The van der Waals surface area contributed by atoms with E-state index in [0.29, 0.717) is 36.0 Å². The van der Waals surface area contributed by atoms with E-state index < -0.39 is 0 Å². The first-order chi connectivity index (χ1) is 13.6. The number of amides is 2. The van der Waals surface area contributed by atoms with Crippen LogP contribution in [0.2, 0.25) is 0 Å². The maximum atomic E-state index is 12.8. The number of piperidine rings is 1. The minimum atomic E-state index is -0.0295. The molecule has 0 aromatic carbocycles. The smallest absolute Gasteiger partial charge is 0.276 e. The molecule has 2 saturated heterocycles. The number of aryl methyl sites for hydroxylation is 1. The molecule has 7 nitrogen and oxygen atoms in total. The summed E-state index contributed by atoms with van der Waals surface area (Å²) in [5.74, 6) is 3.30. The van der Waals surface area contributed by atoms with Crippen molar-refractivity contribution in [1.82, 2.24) is 19.8 Å². The molecule has 2 aliphatic heterocycles. The number of pyridine rings is 1. The molecule has 8 heteroatoms. The average molecular weight is 401 g/mol. The molecule has 2 fully saturated rings. The monoisotopic (exact) mass is 400 g/mol. The van der Waals surface area contributed by atoms with E-state index in [0.717, 1.165) is 37.4 Å². The van der Waals surface area contributed by atoms with Crippen LogP contribution in [0.1, 0.15) is 51.3 Å². The second-order valence-corrected chi connectivity index (χ2v) is 8.39. The largest absolute Gasteiger partial charge is 0.445 e. The Labute approximate surface area is 168 Å². The van der Waals surface area contributed by atoms with Crippen molar-refractivity contribution in [3.05, 3.63) is 47.4 Å². The third-order valence-electron chi connectivity index (χ3n) is 5.37. The molecule has 0 spiro atoms. The molecule has 2 aromatic heterocycles. The zero-order chi connectivity index (χ0) is 19.5. The molecule has 28 heavy (non-hydrogen) atoms. The molecule has 0 saturated carbocycles. The predicted molar refractivity (Wildman–Crippen MR) is 107 cm³/mol. The molecule has 4 heterocycles. The predicted octanol–water partition coefficient (Wildman–Crippen LogP) is 2.59. The maximum absolute atomic E-state index is 12.8. The zero-order valence-corrected chi connectivity index (χ0v) is 16.8. The lowest BCUT2D eigenvalue weighted by molar-refractivity contribution is 0.0705. The van der Waals surface area contributed by atoms with E-state index in [1.165, 1.54) is 0 Å². The van der Waals surface area contributed by atoms with Crippen LogP contribution in [0.4, 0.5) is 0 Å². The van der Waals surface area contributed by atoms with Gasteiger partial charge in [-0.1, -0.05) is 0 Å². The number of oxazole rings is 1. The summed E-state index contributed by atoms with van der Waals surface area (Å²) in [5, 5.41) is 0. The second kappa shape index (κ2) is 8.34. The van der Waals surface area contributed by atoms with Crippen LogP contribution in [-0.4, -0.2) is 69.3 Å². The Hall–Kier alpha value is -2.35. The van der Waals surface area contributed by atoms with Crippen LogP contribution in [-0.2, 0) is 0 Å². The molecule has 0 aliphatic carbocycles. The summed E-state index contributed by atoms with van der Waals surface area (Å²) < 4.78 is 5.87. The van der Waals surface area contributed by atoms with Crippen molar-refractivity contribution in [2.75, 3.05) is 37.7 Å². The van der Waals surface area contributed by atoms with Crippen LogP contribution in [0.5, 0.6) is 0 Å². The lowest BCUT2D eigenvalue weighted by Crippen LogP contribution is -2.38. The highest BCUT2D eigenvalue weighted by Gasteiger charge is 2.30. The summed E-state index contributed by atoms with van der Waals surface area (Å²) in [4.78, 5) is 37.6. The van der Waals surface area contributed by atoms with Crippen LogP contribution in [0.25, 0.3) is 0 Å². The van der Waals surface area contributed by atoms with Gasteiger partial charge in [-0.25, -0.2) is 4.98 Å². The minimum absolute atomic E-state index is 0.0295. The van der Waals surface area contributed by atoms with Gasteiger partial charge < -0.3 is 14.2 Å². The fraction of sp³-hybridized carbons (Fsp3) is 0.500. The average Bonchev–Trinajstić information content (AvgIpc) is 3.15. The first-order valence-electron chi connectivity index (χ1n) is 9.67. The quantitative estimate of drug-likeness (QED) is 0.788. The maximum Gasteiger partial charge on any atom is 0.276 e. The van der Waals surface area contributed by atoms with Crippen molar-refractivity contribution >= 4 is 23.6 Å². The highest BCUT2D eigenvalue weighted by molar-refractivity contribution is 7.99. The van der Waals surface area contributed by atoms with Crippen molar-refractivity contribution in [2.45, 2.75) is 25.7 Å². The molecular formula is C20H24N4O3S. The van der Waals surface area contributed by atoms with Crippen LogP contribution >= 0.6 is 11.8 Å². The van der Waals surface area contributed by atoms with Gasteiger partial charge in [0.2, 0.25) is 0 Å². The number of thioether (sulfide) groups is 1. The van der Waals surface area contributed by atoms with E-state index in [9.17, 15) is 9.59 Å². The summed E-state index contributed by atoms with van der Waals surface area (Å²) in [6.07, 6.45) is 4.83. The van der Waals surface area contributed by atoms with Crippen LogP contribution in [0, 0.1) is 6.92 Å². The molecule has 0 radical (unpaired) electrons. The summed E-state index contributed by atoms with van der Waals surface area (Å²) in [6.45, 7) is 4.64. The SMILES string of the molecule is Cc1oc(C2CCN(C(=O)c3ccncc3)CC2)nc1C(=O)N1CCSCC1. The molecule has 148 valence electrons. The lowest BCUT2D eigenvalue weighted by Gasteiger charge is -2.30. The van der Waals surface area contributed by atoms with Gasteiger partial charge in [-0.2, -0.15) is 11.8 Å². The third kappa shape index (κ3) is 3.92. The Balaban J connectivity index is 1.40. The number of likely N-dealkylation sites (tertiary alicyclic amines) is 1. The summed E-state index contributed by atoms with van der Waals surface area (Å²) in [7, 11) is 0. The molecular weight excluding hydrogens is 376 g/mol. The van der Waals surface area contributed by atoms with E-state index in [-0.39, 0.29) is 17.7 Å². The second-order valence-electron chi connectivity index (χ2n) is 7.16.